The molecule has 2 rings (SSSR count). The minimum Gasteiger partial charge on any atom is -0.370 e. The SMILES string of the molecule is CCC1(C)CN(c2ccc(Cl)c(F)c2)CCCN1. The molecule has 1 unspecified atom stereocenters. The number of halogens is 2. The van der Waals surface area contributed by atoms with Crippen molar-refractivity contribution in [2.75, 3.05) is 24.5 Å². The zero-order valence-corrected chi connectivity index (χ0v) is 11.7. The maximum absolute atomic E-state index is 13.5. The van der Waals surface area contributed by atoms with Crippen molar-refractivity contribution < 1.29 is 4.39 Å². The molecule has 1 heterocycles. The molecule has 18 heavy (non-hydrogen) atoms. The van der Waals surface area contributed by atoms with Crippen LogP contribution in [0.15, 0.2) is 18.2 Å². The number of hydrogen-bond acceptors (Lipinski definition) is 2. The Bertz CT molecular complexity index is 424. The van der Waals surface area contributed by atoms with Crippen LogP contribution in [0, 0.1) is 5.82 Å². The molecule has 0 saturated carbocycles. The van der Waals surface area contributed by atoms with Crippen molar-refractivity contribution in [1.29, 1.82) is 0 Å². The van der Waals surface area contributed by atoms with Gasteiger partial charge in [0, 0.05) is 24.3 Å². The van der Waals surface area contributed by atoms with Crippen LogP contribution in [0.2, 0.25) is 5.02 Å². The Kier molecular flexibility index (Phi) is 4.13. The average molecular weight is 271 g/mol. The quantitative estimate of drug-likeness (QED) is 0.886. The Morgan fingerprint density at radius 2 is 2.28 bits per heavy atom. The Balaban J connectivity index is 2.22. The summed E-state index contributed by atoms with van der Waals surface area (Å²) in [5.41, 5.74) is 1.01. The molecule has 0 aromatic heterocycles. The fourth-order valence-corrected chi connectivity index (χ4v) is 2.47. The van der Waals surface area contributed by atoms with Gasteiger partial charge in [0.15, 0.2) is 0 Å². The summed E-state index contributed by atoms with van der Waals surface area (Å²) >= 11 is 5.73. The van der Waals surface area contributed by atoms with Gasteiger partial charge in [-0.2, -0.15) is 0 Å². The highest BCUT2D eigenvalue weighted by Gasteiger charge is 2.27. The fraction of sp³-hybridized carbons (Fsp3) is 0.571. The Labute approximate surface area is 113 Å². The van der Waals surface area contributed by atoms with Crippen LogP contribution >= 0.6 is 11.6 Å². The zero-order chi connectivity index (χ0) is 13.2. The first-order chi connectivity index (χ1) is 8.54. The van der Waals surface area contributed by atoms with E-state index in [2.05, 4.69) is 24.1 Å². The van der Waals surface area contributed by atoms with Gasteiger partial charge >= 0.3 is 0 Å². The van der Waals surface area contributed by atoms with Gasteiger partial charge in [0.05, 0.1) is 5.02 Å². The predicted molar refractivity (Wildman–Crippen MR) is 74.9 cm³/mol. The summed E-state index contributed by atoms with van der Waals surface area (Å²) in [4.78, 5) is 2.24. The van der Waals surface area contributed by atoms with E-state index in [1.807, 2.05) is 6.07 Å². The molecule has 100 valence electrons. The molecule has 0 radical (unpaired) electrons. The van der Waals surface area contributed by atoms with Gasteiger partial charge in [0.1, 0.15) is 5.82 Å². The van der Waals surface area contributed by atoms with Crippen LogP contribution in [-0.4, -0.2) is 25.2 Å². The fourth-order valence-electron chi connectivity index (χ4n) is 2.36. The van der Waals surface area contributed by atoms with Crippen molar-refractivity contribution in [3.8, 4) is 0 Å². The van der Waals surface area contributed by atoms with Gasteiger partial charge < -0.3 is 10.2 Å². The third-order valence-corrected chi connectivity index (χ3v) is 4.05. The molecule has 0 spiro atoms. The summed E-state index contributed by atoms with van der Waals surface area (Å²) in [5.74, 6) is -0.343. The van der Waals surface area contributed by atoms with Crippen LogP contribution in [0.25, 0.3) is 0 Å². The van der Waals surface area contributed by atoms with E-state index < -0.39 is 0 Å². The Hall–Kier alpha value is -0.800. The highest BCUT2D eigenvalue weighted by molar-refractivity contribution is 6.30. The molecule has 1 atom stereocenters. The Morgan fingerprint density at radius 3 is 2.94 bits per heavy atom. The second-order valence-corrected chi connectivity index (χ2v) is 5.62. The van der Waals surface area contributed by atoms with Crippen molar-refractivity contribution in [3.05, 3.63) is 29.0 Å². The lowest BCUT2D eigenvalue weighted by Gasteiger charge is -2.34. The summed E-state index contributed by atoms with van der Waals surface area (Å²) in [6, 6.07) is 5.06. The molecule has 4 heteroatoms. The lowest BCUT2D eigenvalue weighted by Crippen LogP contribution is -2.48. The third kappa shape index (κ3) is 2.96. The van der Waals surface area contributed by atoms with Gasteiger partial charge in [0.2, 0.25) is 0 Å². The molecule has 1 aromatic rings. The smallest absolute Gasteiger partial charge is 0.143 e. The average Bonchev–Trinajstić information content (AvgIpc) is 2.56. The van der Waals surface area contributed by atoms with Crippen LogP contribution in [0.4, 0.5) is 10.1 Å². The summed E-state index contributed by atoms with van der Waals surface area (Å²) in [6.07, 6.45) is 2.12. The highest BCUT2D eigenvalue weighted by atomic mass is 35.5. The lowest BCUT2D eigenvalue weighted by atomic mass is 9.98. The molecule has 0 amide bonds. The number of hydrogen-bond donors (Lipinski definition) is 1. The first-order valence-corrected chi connectivity index (χ1v) is 6.87. The first kappa shape index (κ1) is 13.6. The van der Waals surface area contributed by atoms with E-state index in [-0.39, 0.29) is 16.4 Å². The Morgan fingerprint density at radius 1 is 1.50 bits per heavy atom. The summed E-state index contributed by atoms with van der Waals surface area (Å²) < 4.78 is 13.5. The predicted octanol–water partition coefficient (Wildman–Crippen LogP) is 3.45. The summed E-state index contributed by atoms with van der Waals surface area (Å²) in [6.45, 7) is 7.25. The van der Waals surface area contributed by atoms with Crippen molar-refractivity contribution >= 4 is 17.3 Å². The number of anilines is 1. The van der Waals surface area contributed by atoms with Gasteiger partial charge in [-0.05, 0) is 44.5 Å². The molecule has 1 aliphatic heterocycles. The van der Waals surface area contributed by atoms with E-state index in [0.29, 0.717) is 0 Å². The van der Waals surface area contributed by atoms with Gasteiger partial charge in [-0.3, -0.25) is 0 Å². The minimum absolute atomic E-state index is 0.0899. The number of nitrogens with zero attached hydrogens (tertiary/aromatic N) is 1. The summed E-state index contributed by atoms with van der Waals surface area (Å²) in [5, 5.41) is 3.76. The van der Waals surface area contributed by atoms with E-state index >= 15 is 0 Å². The molecule has 1 N–H and O–H groups in total. The van der Waals surface area contributed by atoms with E-state index in [1.165, 1.54) is 6.07 Å². The molecule has 1 aliphatic rings. The van der Waals surface area contributed by atoms with E-state index in [9.17, 15) is 4.39 Å². The second kappa shape index (κ2) is 5.45. The van der Waals surface area contributed by atoms with E-state index in [1.54, 1.807) is 6.07 Å². The largest absolute Gasteiger partial charge is 0.370 e. The van der Waals surface area contributed by atoms with Crippen LogP contribution in [0.3, 0.4) is 0 Å². The molecule has 0 bridgehead atoms. The first-order valence-electron chi connectivity index (χ1n) is 6.49. The molecule has 1 aromatic carbocycles. The second-order valence-electron chi connectivity index (χ2n) is 5.21. The van der Waals surface area contributed by atoms with E-state index in [0.717, 1.165) is 38.2 Å². The molecule has 1 saturated heterocycles. The highest BCUT2D eigenvalue weighted by Crippen LogP contribution is 2.25. The van der Waals surface area contributed by atoms with Gasteiger partial charge in [-0.15, -0.1) is 0 Å². The minimum atomic E-state index is -0.343. The third-order valence-electron chi connectivity index (χ3n) is 3.75. The molecule has 1 fully saturated rings. The zero-order valence-electron chi connectivity index (χ0n) is 11.0. The van der Waals surface area contributed by atoms with Crippen molar-refractivity contribution in [1.82, 2.24) is 5.32 Å². The number of nitrogens with one attached hydrogen (secondary N) is 1. The van der Waals surface area contributed by atoms with Crippen molar-refractivity contribution in [3.63, 3.8) is 0 Å². The monoisotopic (exact) mass is 270 g/mol. The topological polar surface area (TPSA) is 15.3 Å². The van der Waals surface area contributed by atoms with Crippen molar-refractivity contribution in [2.24, 2.45) is 0 Å². The number of rotatable bonds is 2. The van der Waals surface area contributed by atoms with Crippen molar-refractivity contribution in [2.45, 2.75) is 32.2 Å². The lowest BCUT2D eigenvalue weighted by molar-refractivity contribution is 0.366. The summed E-state index contributed by atoms with van der Waals surface area (Å²) in [7, 11) is 0. The number of benzene rings is 1. The van der Waals surface area contributed by atoms with Gasteiger partial charge in [0.25, 0.3) is 0 Å². The maximum atomic E-state index is 13.5. The molecule has 0 aliphatic carbocycles. The molecule has 2 nitrogen and oxygen atoms in total. The van der Waals surface area contributed by atoms with Gasteiger partial charge in [-0.1, -0.05) is 18.5 Å². The van der Waals surface area contributed by atoms with Crippen LogP contribution in [-0.2, 0) is 0 Å². The standard InChI is InChI=1S/C14H20ClFN2/c1-3-14(2)10-18(8-4-7-17-14)11-5-6-12(15)13(16)9-11/h5-6,9,17H,3-4,7-8,10H2,1-2H3. The van der Waals surface area contributed by atoms with Crippen LogP contribution < -0.4 is 10.2 Å². The van der Waals surface area contributed by atoms with Gasteiger partial charge in [-0.25, -0.2) is 4.39 Å². The normalized spacial score (nSPS) is 25.0. The maximum Gasteiger partial charge on any atom is 0.143 e. The molecular formula is C14H20ClFN2. The van der Waals surface area contributed by atoms with Crippen LogP contribution in [0.1, 0.15) is 26.7 Å². The van der Waals surface area contributed by atoms with Crippen LogP contribution in [0.5, 0.6) is 0 Å². The molecular weight excluding hydrogens is 251 g/mol. The van der Waals surface area contributed by atoms with E-state index in [4.69, 9.17) is 11.6 Å².